The van der Waals surface area contributed by atoms with E-state index in [-0.39, 0.29) is 19.1 Å². The highest BCUT2D eigenvalue weighted by molar-refractivity contribution is 5.93. The summed E-state index contributed by atoms with van der Waals surface area (Å²) in [4.78, 5) is 21.2. The van der Waals surface area contributed by atoms with Crippen molar-refractivity contribution in [1.82, 2.24) is 14.4 Å². The number of aromatic nitrogens is 3. The highest BCUT2D eigenvalue weighted by Gasteiger charge is 2.15. The fraction of sp³-hybridized carbons (Fsp3) is 0.0952. The molecule has 2 aromatic heterocycles. The fourth-order valence-electron chi connectivity index (χ4n) is 3.17. The van der Waals surface area contributed by atoms with Gasteiger partial charge in [0.25, 0.3) is 0 Å². The van der Waals surface area contributed by atoms with Crippen molar-refractivity contribution < 1.29 is 14.3 Å². The van der Waals surface area contributed by atoms with Gasteiger partial charge < -0.3 is 14.8 Å². The van der Waals surface area contributed by atoms with Crippen LogP contribution >= 0.6 is 0 Å². The number of benzene rings is 2. The minimum atomic E-state index is -0.104. The number of nitrogens with one attached hydrogen (secondary N) is 1. The summed E-state index contributed by atoms with van der Waals surface area (Å²) in [6.07, 6.45) is 5.77. The zero-order chi connectivity index (χ0) is 18.9. The first-order valence-corrected chi connectivity index (χ1v) is 8.83. The first-order chi connectivity index (χ1) is 13.7. The zero-order valence-electron chi connectivity index (χ0n) is 14.8. The quantitative estimate of drug-likeness (QED) is 0.595. The zero-order valence-corrected chi connectivity index (χ0v) is 14.8. The molecule has 0 radical (unpaired) electrons. The second kappa shape index (κ2) is 6.70. The van der Waals surface area contributed by atoms with Crippen LogP contribution in [0.1, 0.15) is 5.56 Å². The Morgan fingerprint density at radius 2 is 2.04 bits per heavy atom. The molecule has 0 saturated heterocycles. The van der Waals surface area contributed by atoms with Crippen LogP contribution in [-0.4, -0.2) is 27.1 Å². The average molecular weight is 372 g/mol. The molecule has 0 bridgehead atoms. The molecule has 1 amide bonds. The van der Waals surface area contributed by atoms with E-state index in [4.69, 9.17) is 9.47 Å². The number of imidazole rings is 1. The Bertz CT molecular complexity index is 1150. The molecule has 3 heterocycles. The van der Waals surface area contributed by atoms with Gasteiger partial charge in [0.1, 0.15) is 0 Å². The van der Waals surface area contributed by atoms with Crippen LogP contribution in [0.3, 0.4) is 0 Å². The van der Waals surface area contributed by atoms with Gasteiger partial charge in [0.15, 0.2) is 11.5 Å². The van der Waals surface area contributed by atoms with E-state index in [9.17, 15) is 4.79 Å². The predicted molar refractivity (Wildman–Crippen MR) is 103 cm³/mol. The van der Waals surface area contributed by atoms with E-state index in [0.29, 0.717) is 23.0 Å². The van der Waals surface area contributed by atoms with Crippen molar-refractivity contribution >= 4 is 17.4 Å². The molecule has 7 heteroatoms. The number of rotatable bonds is 4. The Kier molecular flexibility index (Phi) is 3.90. The molecule has 1 aliphatic rings. The Morgan fingerprint density at radius 1 is 1.11 bits per heavy atom. The Labute approximate surface area is 160 Å². The summed E-state index contributed by atoms with van der Waals surface area (Å²) in [5, 5.41) is 2.94. The first kappa shape index (κ1) is 16.3. The van der Waals surface area contributed by atoms with E-state index in [1.807, 2.05) is 65.3 Å². The summed E-state index contributed by atoms with van der Waals surface area (Å²) in [5.74, 6) is 1.91. The van der Waals surface area contributed by atoms with E-state index in [0.717, 1.165) is 16.8 Å². The van der Waals surface area contributed by atoms with E-state index in [1.54, 1.807) is 6.20 Å². The summed E-state index contributed by atoms with van der Waals surface area (Å²) < 4.78 is 12.5. The van der Waals surface area contributed by atoms with Crippen LogP contribution in [0.2, 0.25) is 0 Å². The molecule has 4 aromatic rings. The minimum absolute atomic E-state index is 0.104. The molecule has 138 valence electrons. The molecule has 28 heavy (non-hydrogen) atoms. The van der Waals surface area contributed by atoms with E-state index >= 15 is 0 Å². The molecule has 1 aliphatic heterocycles. The molecule has 5 rings (SSSR count). The van der Waals surface area contributed by atoms with E-state index in [2.05, 4.69) is 15.3 Å². The lowest BCUT2D eigenvalue weighted by Crippen LogP contribution is -2.14. The molecular formula is C21H16N4O3. The van der Waals surface area contributed by atoms with Gasteiger partial charge in [-0.05, 0) is 35.9 Å². The van der Waals surface area contributed by atoms with Crippen molar-refractivity contribution in [2.75, 3.05) is 12.1 Å². The highest BCUT2D eigenvalue weighted by atomic mass is 16.7. The van der Waals surface area contributed by atoms with Crippen molar-refractivity contribution in [2.45, 2.75) is 6.42 Å². The largest absolute Gasteiger partial charge is 0.454 e. The lowest BCUT2D eigenvalue weighted by Gasteiger charge is -2.07. The topological polar surface area (TPSA) is 77.8 Å². The molecule has 0 fully saturated rings. The molecular weight excluding hydrogens is 356 g/mol. The third-order valence-corrected chi connectivity index (χ3v) is 4.48. The van der Waals surface area contributed by atoms with Crippen molar-refractivity contribution in [2.24, 2.45) is 0 Å². The SMILES string of the molecule is O=C(Cc1ccc2c(c1)OCO2)Nc1cccc(-c2cn3cccnc3n2)c1. The summed E-state index contributed by atoms with van der Waals surface area (Å²) >= 11 is 0. The standard InChI is InChI=1S/C21H16N4O3/c26-20(10-14-5-6-18-19(9-14)28-13-27-18)23-16-4-1-3-15(11-16)17-12-25-8-2-7-22-21(25)24-17/h1-9,11-12H,10,13H2,(H,23,26). The molecule has 2 aromatic carbocycles. The van der Waals surface area contributed by atoms with Gasteiger partial charge in [-0.3, -0.25) is 9.20 Å². The van der Waals surface area contributed by atoms with Crippen LogP contribution in [0.25, 0.3) is 17.0 Å². The van der Waals surface area contributed by atoms with Crippen LogP contribution in [0.4, 0.5) is 5.69 Å². The fourth-order valence-corrected chi connectivity index (χ4v) is 3.17. The summed E-state index contributed by atoms with van der Waals surface area (Å²) in [5.41, 5.74) is 3.29. The van der Waals surface area contributed by atoms with Crippen LogP contribution < -0.4 is 14.8 Å². The van der Waals surface area contributed by atoms with Crippen LogP contribution in [-0.2, 0) is 11.2 Å². The third-order valence-electron chi connectivity index (χ3n) is 4.48. The second-order valence-electron chi connectivity index (χ2n) is 6.45. The number of ether oxygens (including phenoxy) is 2. The van der Waals surface area contributed by atoms with Gasteiger partial charge in [-0.25, -0.2) is 9.97 Å². The molecule has 0 spiro atoms. The molecule has 0 aliphatic carbocycles. The number of fused-ring (bicyclic) bond motifs is 2. The van der Waals surface area contributed by atoms with Gasteiger partial charge in [0, 0.05) is 29.8 Å². The molecule has 1 N–H and O–H groups in total. The Hall–Kier alpha value is -3.87. The predicted octanol–water partition coefficient (Wildman–Crippen LogP) is 3.31. The number of carbonyl (C=O) groups excluding carboxylic acids is 1. The van der Waals surface area contributed by atoms with Gasteiger partial charge in [-0.15, -0.1) is 0 Å². The normalized spacial score (nSPS) is 12.3. The smallest absolute Gasteiger partial charge is 0.234 e. The van der Waals surface area contributed by atoms with Gasteiger partial charge in [0.05, 0.1) is 12.1 Å². The van der Waals surface area contributed by atoms with Crippen molar-refractivity contribution in [1.29, 1.82) is 0 Å². The maximum Gasteiger partial charge on any atom is 0.234 e. The van der Waals surface area contributed by atoms with Gasteiger partial charge >= 0.3 is 0 Å². The summed E-state index contributed by atoms with van der Waals surface area (Å²) in [6, 6.07) is 15.0. The molecule has 7 nitrogen and oxygen atoms in total. The maximum atomic E-state index is 12.5. The lowest BCUT2D eigenvalue weighted by molar-refractivity contribution is -0.115. The van der Waals surface area contributed by atoms with Gasteiger partial charge in [0.2, 0.25) is 18.5 Å². The van der Waals surface area contributed by atoms with Crippen molar-refractivity contribution in [3.63, 3.8) is 0 Å². The van der Waals surface area contributed by atoms with Crippen molar-refractivity contribution in [3.05, 3.63) is 72.7 Å². The van der Waals surface area contributed by atoms with Gasteiger partial charge in [-0.2, -0.15) is 0 Å². The maximum absolute atomic E-state index is 12.5. The molecule has 0 saturated carbocycles. The third kappa shape index (κ3) is 3.14. The molecule has 0 unspecified atom stereocenters. The number of nitrogens with zero attached hydrogens (tertiary/aromatic N) is 3. The highest BCUT2D eigenvalue weighted by Crippen LogP contribution is 2.32. The average Bonchev–Trinajstić information content (AvgIpc) is 3.34. The first-order valence-electron chi connectivity index (χ1n) is 8.83. The van der Waals surface area contributed by atoms with E-state index in [1.165, 1.54) is 0 Å². The van der Waals surface area contributed by atoms with Crippen LogP contribution in [0.5, 0.6) is 11.5 Å². The van der Waals surface area contributed by atoms with Crippen LogP contribution in [0.15, 0.2) is 67.1 Å². The van der Waals surface area contributed by atoms with E-state index < -0.39 is 0 Å². The van der Waals surface area contributed by atoms with Crippen molar-refractivity contribution in [3.8, 4) is 22.8 Å². The summed E-state index contributed by atoms with van der Waals surface area (Å²) in [6.45, 7) is 0.219. The monoisotopic (exact) mass is 372 g/mol. The van der Waals surface area contributed by atoms with Crippen LogP contribution in [0, 0.1) is 0 Å². The summed E-state index contributed by atoms with van der Waals surface area (Å²) in [7, 11) is 0. The number of hydrogen-bond acceptors (Lipinski definition) is 5. The minimum Gasteiger partial charge on any atom is -0.454 e. The Morgan fingerprint density at radius 3 is 2.96 bits per heavy atom. The number of hydrogen-bond donors (Lipinski definition) is 1. The Balaban J connectivity index is 1.32. The lowest BCUT2D eigenvalue weighted by atomic mass is 10.1. The van der Waals surface area contributed by atoms with Gasteiger partial charge in [-0.1, -0.05) is 18.2 Å². The molecule has 0 atom stereocenters. The number of carbonyl (C=O) groups is 1. The number of anilines is 1. The number of amides is 1. The second-order valence-corrected chi connectivity index (χ2v) is 6.45.